The maximum absolute atomic E-state index is 11.0. The molecule has 0 aliphatic heterocycles. The first-order valence-electron chi connectivity index (χ1n) is 9.79. The molecular weight excluding hydrogens is 330 g/mol. The molecule has 0 spiro atoms. The first kappa shape index (κ1) is 18.9. The molecule has 3 rings (SSSR count). The summed E-state index contributed by atoms with van der Waals surface area (Å²) in [6.45, 7) is 1.92. The fourth-order valence-corrected chi connectivity index (χ4v) is 4.52. The number of carboxylic acid groups (broad SMARTS) is 2. The lowest BCUT2D eigenvalue weighted by molar-refractivity contribution is -0.139. The summed E-state index contributed by atoms with van der Waals surface area (Å²) in [6, 6.07) is 7.86. The Bertz CT molecular complexity index is 615. The van der Waals surface area contributed by atoms with Crippen LogP contribution < -0.4 is 0 Å². The Morgan fingerprint density at radius 3 is 2.23 bits per heavy atom. The molecule has 0 heterocycles. The van der Waals surface area contributed by atoms with Gasteiger partial charge in [0.05, 0.1) is 5.56 Å². The van der Waals surface area contributed by atoms with Gasteiger partial charge in [-0.2, -0.15) is 0 Å². The quantitative estimate of drug-likeness (QED) is 0.696. The van der Waals surface area contributed by atoms with Gasteiger partial charge in [0.2, 0.25) is 0 Å². The number of aromatic carboxylic acids is 1. The molecule has 2 N–H and O–H groups in total. The molecule has 2 aliphatic rings. The SMILES string of the molecule is O=C(O)CC1CC(CCN(Cc2ccc(C(=O)O)cc2)C2CCCC2)C1. The molecule has 0 bridgehead atoms. The molecule has 5 heteroatoms. The molecule has 1 aromatic carbocycles. The van der Waals surface area contributed by atoms with Gasteiger partial charge in [-0.3, -0.25) is 9.69 Å². The van der Waals surface area contributed by atoms with E-state index in [1.54, 1.807) is 12.1 Å². The van der Waals surface area contributed by atoms with Gasteiger partial charge < -0.3 is 10.2 Å². The summed E-state index contributed by atoms with van der Waals surface area (Å²) in [7, 11) is 0. The average molecular weight is 359 g/mol. The van der Waals surface area contributed by atoms with E-state index in [0.717, 1.165) is 32.4 Å². The molecule has 2 saturated carbocycles. The third kappa shape index (κ3) is 5.07. The Labute approximate surface area is 155 Å². The first-order chi connectivity index (χ1) is 12.5. The Morgan fingerprint density at radius 2 is 1.65 bits per heavy atom. The van der Waals surface area contributed by atoms with Crippen LogP contribution in [0.15, 0.2) is 24.3 Å². The van der Waals surface area contributed by atoms with E-state index >= 15 is 0 Å². The zero-order valence-corrected chi connectivity index (χ0v) is 15.3. The largest absolute Gasteiger partial charge is 0.481 e. The van der Waals surface area contributed by atoms with E-state index in [-0.39, 0.29) is 0 Å². The van der Waals surface area contributed by atoms with E-state index in [0.29, 0.717) is 29.9 Å². The van der Waals surface area contributed by atoms with Crippen LogP contribution in [0.1, 0.15) is 67.3 Å². The predicted octanol–water partition coefficient (Wildman–Crippen LogP) is 4.02. The fraction of sp³-hybridized carbons (Fsp3) is 0.619. The number of carbonyl (C=O) groups is 2. The number of benzene rings is 1. The highest BCUT2D eigenvalue weighted by molar-refractivity contribution is 5.87. The molecule has 1 aromatic rings. The summed E-state index contributed by atoms with van der Waals surface area (Å²) >= 11 is 0. The maximum Gasteiger partial charge on any atom is 0.335 e. The van der Waals surface area contributed by atoms with E-state index in [1.807, 2.05) is 12.1 Å². The molecule has 0 aromatic heterocycles. The molecule has 2 fully saturated rings. The fourth-order valence-electron chi connectivity index (χ4n) is 4.52. The minimum absolute atomic E-state index is 0.318. The van der Waals surface area contributed by atoms with Crippen molar-refractivity contribution in [1.29, 1.82) is 0 Å². The van der Waals surface area contributed by atoms with Crippen LogP contribution in [-0.2, 0) is 11.3 Å². The summed E-state index contributed by atoms with van der Waals surface area (Å²) in [5.74, 6) is -0.519. The molecule has 0 atom stereocenters. The van der Waals surface area contributed by atoms with Crippen LogP contribution in [0, 0.1) is 11.8 Å². The molecule has 26 heavy (non-hydrogen) atoms. The maximum atomic E-state index is 11.0. The molecule has 5 nitrogen and oxygen atoms in total. The second kappa shape index (κ2) is 8.67. The van der Waals surface area contributed by atoms with Gasteiger partial charge in [-0.25, -0.2) is 4.79 Å². The number of rotatable bonds is 9. The van der Waals surface area contributed by atoms with E-state index < -0.39 is 11.9 Å². The lowest BCUT2D eigenvalue weighted by Crippen LogP contribution is -2.36. The minimum atomic E-state index is -0.884. The zero-order valence-electron chi connectivity index (χ0n) is 15.3. The Kier molecular flexibility index (Phi) is 6.30. The van der Waals surface area contributed by atoms with Crippen molar-refractivity contribution in [2.24, 2.45) is 11.8 Å². The van der Waals surface area contributed by atoms with E-state index in [2.05, 4.69) is 4.90 Å². The molecule has 0 saturated heterocycles. The highest BCUT2D eigenvalue weighted by Crippen LogP contribution is 2.38. The van der Waals surface area contributed by atoms with Crippen molar-refractivity contribution in [3.05, 3.63) is 35.4 Å². The van der Waals surface area contributed by atoms with Gasteiger partial charge in [0.15, 0.2) is 0 Å². The summed E-state index contributed by atoms with van der Waals surface area (Å²) in [5.41, 5.74) is 1.50. The second-order valence-electron chi connectivity index (χ2n) is 8.00. The lowest BCUT2D eigenvalue weighted by Gasteiger charge is -2.37. The van der Waals surface area contributed by atoms with Gasteiger partial charge in [0.25, 0.3) is 0 Å². The van der Waals surface area contributed by atoms with Gasteiger partial charge in [0.1, 0.15) is 0 Å². The van der Waals surface area contributed by atoms with E-state index in [9.17, 15) is 9.59 Å². The number of carboxylic acids is 2. The average Bonchev–Trinajstić information content (AvgIpc) is 3.10. The third-order valence-corrected chi connectivity index (χ3v) is 6.05. The number of hydrogen-bond donors (Lipinski definition) is 2. The standard InChI is InChI=1S/C21H29NO4/c23-20(24)13-17-11-16(12-17)9-10-22(19-3-1-2-4-19)14-15-5-7-18(8-6-15)21(25)26/h5-8,16-17,19H,1-4,9-14H2,(H,23,24)(H,25,26). The van der Waals surface area contributed by atoms with Gasteiger partial charge in [-0.15, -0.1) is 0 Å². The number of aliphatic carboxylic acids is 1. The van der Waals surface area contributed by atoms with Gasteiger partial charge in [0, 0.05) is 19.0 Å². The monoisotopic (exact) mass is 359 g/mol. The molecule has 0 unspecified atom stereocenters. The van der Waals surface area contributed by atoms with E-state index in [1.165, 1.54) is 31.2 Å². The Morgan fingerprint density at radius 1 is 1.00 bits per heavy atom. The zero-order chi connectivity index (χ0) is 18.5. The number of hydrogen-bond acceptors (Lipinski definition) is 3. The summed E-state index contributed by atoms with van der Waals surface area (Å²) in [4.78, 5) is 24.3. The van der Waals surface area contributed by atoms with Crippen molar-refractivity contribution >= 4 is 11.9 Å². The minimum Gasteiger partial charge on any atom is -0.481 e. The molecule has 142 valence electrons. The van der Waals surface area contributed by atoms with Gasteiger partial charge in [-0.1, -0.05) is 25.0 Å². The summed E-state index contributed by atoms with van der Waals surface area (Å²) in [6.07, 6.45) is 8.65. The third-order valence-electron chi connectivity index (χ3n) is 6.05. The molecule has 0 radical (unpaired) electrons. The number of nitrogens with zero attached hydrogens (tertiary/aromatic N) is 1. The van der Waals surface area contributed by atoms with E-state index in [4.69, 9.17) is 10.2 Å². The van der Waals surface area contributed by atoms with Crippen molar-refractivity contribution < 1.29 is 19.8 Å². The molecular formula is C21H29NO4. The highest BCUT2D eigenvalue weighted by atomic mass is 16.4. The van der Waals surface area contributed by atoms with Crippen molar-refractivity contribution in [3.8, 4) is 0 Å². The Hall–Kier alpha value is -1.88. The van der Waals surface area contributed by atoms with Gasteiger partial charge >= 0.3 is 11.9 Å². The van der Waals surface area contributed by atoms with Crippen LogP contribution >= 0.6 is 0 Å². The molecule has 0 amide bonds. The smallest absolute Gasteiger partial charge is 0.335 e. The van der Waals surface area contributed by atoms with Gasteiger partial charge in [-0.05, 0) is 68.2 Å². The Balaban J connectivity index is 1.52. The topological polar surface area (TPSA) is 77.8 Å². The normalized spacial score (nSPS) is 23.1. The van der Waals surface area contributed by atoms with Crippen LogP contribution in [0.2, 0.25) is 0 Å². The van der Waals surface area contributed by atoms with Crippen LogP contribution in [0.25, 0.3) is 0 Å². The lowest BCUT2D eigenvalue weighted by atomic mass is 9.72. The summed E-state index contributed by atoms with van der Waals surface area (Å²) in [5, 5.41) is 17.9. The van der Waals surface area contributed by atoms with Crippen LogP contribution in [0.3, 0.4) is 0 Å². The van der Waals surface area contributed by atoms with Crippen molar-refractivity contribution in [1.82, 2.24) is 4.90 Å². The second-order valence-corrected chi connectivity index (χ2v) is 8.00. The molecule has 2 aliphatic carbocycles. The van der Waals surface area contributed by atoms with Crippen LogP contribution in [0.4, 0.5) is 0 Å². The van der Waals surface area contributed by atoms with Crippen molar-refractivity contribution in [3.63, 3.8) is 0 Å². The van der Waals surface area contributed by atoms with Crippen molar-refractivity contribution in [2.75, 3.05) is 6.54 Å². The predicted molar refractivity (Wildman–Crippen MR) is 99.2 cm³/mol. The highest BCUT2D eigenvalue weighted by Gasteiger charge is 2.31. The van der Waals surface area contributed by atoms with Crippen molar-refractivity contribution in [2.45, 2.75) is 64.0 Å². The van der Waals surface area contributed by atoms with Crippen LogP contribution in [0.5, 0.6) is 0 Å². The first-order valence-corrected chi connectivity index (χ1v) is 9.79. The summed E-state index contributed by atoms with van der Waals surface area (Å²) < 4.78 is 0. The van der Waals surface area contributed by atoms with Crippen LogP contribution in [-0.4, -0.2) is 39.6 Å².